The lowest BCUT2D eigenvalue weighted by molar-refractivity contribution is 0.0794. The fourth-order valence-electron chi connectivity index (χ4n) is 0.589. The number of ether oxygens (including phenoxy) is 2. The number of rotatable bonds is 6. The maximum absolute atomic E-state index is 6.91. The normalized spacial score (nSPS) is 11.8. The van der Waals surface area contributed by atoms with Crippen LogP contribution < -0.4 is 0 Å². The van der Waals surface area contributed by atoms with Crippen molar-refractivity contribution in [1.29, 1.82) is 0 Å². The molecule has 0 radical (unpaired) electrons. The first kappa shape index (κ1) is 24.2. The van der Waals surface area contributed by atoms with E-state index in [1.165, 1.54) is 13.3 Å². The molecule has 0 rings (SSSR count). The molecule has 0 aromatic carbocycles. The van der Waals surface area contributed by atoms with Crippen LogP contribution in [-0.2, 0) is 9.47 Å². The molecule has 0 aromatic rings. The van der Waals surface area contributed by atoms with Crippen molar-refractivity contribution in [3.63, 3.8) is 0 Å². The van der Waals surface area contributed by atoms with E-state index in [0.29, 0.717) is 6.10 Å². The molecule has 0 N–H and O–H groups in total. The van der Waals surface area contributed by atoms with Crippen LogP contribution in [0, 0.1) is 11.8 Å². The quantitative estimate of drug-likeness (QED) is 0.526. The summed E-state index contributed by atoms with van der Waals surface area (Å²) in [4.78, 5) is 0. The van der Waals surface area contributed by atoms with Gasteiger partial charge in [-0.1, -0.05) is 54.9 Å². The van der Waals surface area contributed by atoms with Gasteiger partial charge in [-0.25, -0.2) is 0 Å². The van der Waals surface area contributed by atoms with Gasteiger partial charge in [-0.3, -0.25) is 0 Å². The van der Waals surface area contributed by atoms with Crippen molar-refractivity contribution in [2.24, 2.45) is 11.8 Å². The van der Waals surface area contributed by atoms with Crippen LogP contribution in [-0.4, -0.2) is 25.4 Å². The Kier molecular flexibility index (Phi) is 28.4. The minimum Gasteiger partial charge on any atom is -0.379 e. The molecular formula is C20H48O2. The molecule has 0 spiro atoms. The molecule has 0 heterocycles. The van der Waals surface area contributed by atoms with Crippen molar-refractivity contribution in [3.05, 3.63) is 0 Å². The van der Waals surface area contributed by atoms with Gasteiger partial charge in [0.05, 0.1) is 14.9 Å². The highest BCUT2D eigenvalue weighted by Gasteiger charge is 1.87. The lowest BCUT2D eigenvalue weighted by Crippen LogP contribution is -2.01. The lowest BCUT2D eigenvalue weighted by Gasteiger charge is -2.03. The van der Waals surface area contributed by atoms with E-state index in [1.54, 1.807) is 13.8 Å². The largest absolute Gasteiger partial charge is 0.379 e. The van der Waals surface area contributed by atoms with Crippen molar-refractivity contribution >= 4 is 0 Å². The Labute approximate surface area is 146 Å². The zero-order chi connectivity index (χ0) is 20.3. The Hall–Kier alpha value is -0.0800. The van der Waals surface area contributed by atoms with E-state index < -0.39 is 6.56 Å². The summed E-state index contributed by atoms with van der Waals surface area (Å²) in [6.45, 7) is 23.8. The first-order valence-electron chi connectivity index (χ1n) is 9.98. The zero-order valence-corrected chi connectivity index (χ0v) is 17.7. The van der Waals surface area contributed by atoms with Gasteiger partial charge in [0, 0.05) is 13.2 Å². The van der Waals surface area contributed by atoms with Gasteiger partial charge >= 0.3 is 0 Å². The van der Waals surface area contributed by atoms with Gasteiger partial charge < -0.3 is 9.47 Å². The smallest absolute Gasteiger partial charge is 0.0564 e. The fraction of sp³-hybridized carbons (Fsp3) is 1.00. The monoisotopic (exact) mass is 322 g/mol. The first-order chi connectivity index (χ1) is 10.7. The lowest BCUT2D eigenvalue weighted by atomic mass is 10.2. The molecule has 0 saturated carbocycles. The minimum atomic E-state index is -1.48. The highest BCUT2D eigenvalue weighted by molar-refractivity contribution is 4.34. The van der Waals surface area contributed by atoms with Gasteiger partial charge in [0.15, 0.2) is 0 Å². The summed E-state index contributed by atoms with van der Waals surface area (Å²) >= 11 is 0. The minimum absolute atomic E-state index is 0.0324. The van der Waals surface area contributed by atoms with Gasteiger partial charge in [-0.15, -0.1) is 0 Å². The van der Waals surface area contributed by atoms with Crippen LogP contribution in [0.5, 0.6) is 0 Å². The molecule has 0 amide bonds. The maximum atomic E-state index is 6.91. The summed E-state index contributed by atoms with van der Waals surface area (Å²) in [5, 5.41) is 0. The molecule has 0 unspecified atom stereocenters. The Balaban J connectivity index is -0.000000115. The molecule has 0 aliphatic heterocycles. The van der Waals surface area contributed by atoms with E-state index in [2.05, 4.69) is 62.3 Å². The van der Waals surface area contributed by atoms with E-state index in [4.69, 9.17) is 12.2 Å². The summed E-state index contributed by atoms with van der Waals surface area (Å²) in [5.41, 5.74) is 0. The van der Waals surface area contributed by atoms with Crippen molar-refractivity contribution in [3.8, 4) is 0 Å². The van der Waals surface area contributed by atoms with Gasteiger partial charge in [-0.2, -0.15) is 0 Å². The molecule has 2 heteroatoms. The van der Waals surface area contributed by atoms with Gasteiger partial charge in [-0.05, 0) is 52.9 Å². The first-order valence-corrected chi connectivity index (χ1v) is 8.98. The standard InChI is InChI=1S/C6H14O.C5H12O.C5H12.C4H10/c1-4-5-7-6(2)3;1-4-6-5(2)3;1-4-5(2)3;1-4(2)3/h6H,4-5H2,1-3H3;5H,4H2,1-3H3;5H,4H2,1-3H3;4H,1-3H3/i;4D2;;. The molecular weight excluding hydrogens is 272 g/mol. The molecule has 0 aliphatic rings. The highest BCUT2D eigenvalue weighted by Crippen LogP contribution is 1.93. The van der Waals surface area contributed by atoms with Gasteiger partial charge in [0.25, 0.3) is 0 Å². The van der Waals surface area contributed by atoms with Crippen molar-refractivity contribution < 1.29 is 12.2 Å². The van der Waals surface area contributed by atoms with Crippen molar-refractivity contribution in [2.45, 2.75) is 108 Å². The van der Waals surface area contributed by atoms with E-state index >= 15 is 0 Å². The second-order valence-electron chi connectivity index (χ2n) is 6.82. The molecule has 0 saturated heterocycles. The Morgan fingerprint density at radius 2 is 1.05 bits per heavy atom. The molecule has 140 valence electrons. The maximum Gasteiger partial charge on any atom is 0.0564 e. The second-order valence-corrected chi connectivity index (χ2v) is 6.82. The topological polar surface area (TPSA) is 18.5 Å². The predicted octanol–water partition coefficient (Wildman–Crippen LogP) is 6.97. The molecule has 0 aromatic heterocycles. The van der Waals surface area contributed by atoms with Crippen LogP contribution in [0.15, 0.2) is 0 Å². The molecule has 0 fully saturated rings. The SMILES string of the molecule is CC(C)C.CCC(C)C.CCCOC(C)C.[2H]C([2H])(C)OC(C)C. The molecule has 0 aliphatic carbocycles. The van der Waals surface area contributed by atoms with E-state index in [-0.39, 0.29) is 6.10 Å². The van der Waals surface area contributed by atoms with Crippen LogP contribution in [0.25, 0.3) is 0 Å². The van der Waals surface area contributed by atoms with Crippen LogP contribution in [0.1, 0.15) is 98.7 Å². The van der Waals surface area contributed by atoms with Crippen LogP contribution in [0.3, 0.4) is 0 Å². The Bertz CT molecular complexity index is 207. The zero-order valence-electron chi connectivity index (χ0n) is 19.7. The number of hydrogen-bond acceptors (Lipinski definition) is 2. The predicted molar refractivity (Wildman–Crippen MR) is 104 cm³/mol. The van der Waals surface area contributed by atoms with E-state index in [9.17, 15) is 0 Å². The average Bonchev–Trinajstić information content (AvgIpc) is 2.34. The van der Waals surface area contributed by atoms with Crippen LogP contribution in [0.2, 0.25) is 0 Å². The summed E-state index contributed by atoms with van der Waals surface area (Å²) in [6.07, 6.45) is 2.80. The van der Waals surface area contributed by atoms with Crippen LogP contribution >= 0.6 is 0 Å². The summed E-state index contributed by atoms with van der Waals surface area (Å²) in [5.74, 6) is 1.72. The van der Waals surface area contributed by atoms with Gasteiger partial charge in [0.1, 0.15) is 0 Å². The molecule has 2 nitrogen and oxygen atoms in total. The Morgan fingerprint density at radius 3 is 1.09 bits per heavy atom. The average molecular weight is 323 g/mol. The molecule has 0 atom stereocenters. The number of hydrogen-bond donors (Lipinski definition) is 0. The molecule has 22 heavy (non-hydrogen) atoms. The third-order valence-electron chi connectivity index (χ3n) is 1.83. The van der Waals surface area contributed by atoms with E-state index in [1.807, 2.05) is 0 Å². The van der Waals surface area contributed by atoms with Gasteiger partial charge in [0.2, 0.25) is 0 Å². The highest BCUT2D eigenvalue weighted by atomic mass is 16.5. The van der Waals surface area contributed by atoms with Crippen LogP contribution in [0.4, 0.5) is 0 Å². The summed E-state index contributed by atoms with van der Waals surface area (Å²) in [6, 6.07) is 0. The van der Waals surface area contributed by atoms with Crippen molar-refractivity contribution in [1.82, 2.24) is 0 Å². The summed E-state index contributed by atoms with van der Waals surface area (Å²) in [7, 11) is 0. The summed E-state index contributed by atoms with van der Waals surface area (Å²) < 4.78 is 23.8. The third kappa shape index (κ3) is 89.6. The Morgan fingerprint density at radius 1 is 0.727 bits per heavy atom. The van der Waals surface area contributed by atoms with Crippen molar-refractivity contribution in [2.75, 3.05) is 13.2 Å². The van der Waals surface area contributed by atoms with E-state index in [0.717, 1.165) is 24.9 Å². The molecule has 0 bridgehead atoms. The second kappa shape index (κ2) is 25.9. The fourth-order valence-corrected chi connectivity index (χ4v) is 0.589. The third-order valence-corrected chi connectivity index (χ3v) is 1.83.